The lowest BCUT2D eigenvalue weighted by Gasteiger charge is -2.23. The lowest BCUT2D eigenvalue weighted by molar-refractivity contribution is -0.134. The Morgan fingerprint density at radius 2 is 1.79 bits per heavy atom. The smallest absolute Gasteiger partial charge is 0.245 e. The van der Waals surface area contributed by atoms with Crippen molar-refractivity contribution in [2.24, 2.45) is 0 Å². The summed E-state index contributed by atoms with van der Waals surface area (Å²) in [6.45, 7) is 7.78. The van der Waals surface area contributed by atoms with Gasteiger partial charge in [-0.3, -0.25) is 14.4 Å². The van der Waals surface area contributed by atoms with Crippen molar-refractivity contribution in [1.29, 1.82) is 0 Å². The number of ether oxygens (including phenoxy) is 1. The van der Waals surface area contributed by atoms with Crippen LogP contribution in [0, 0.1) is 0 Å². The molecule has 0 bridgehead atoms. The van der Waals surface area contributed by atoms with Gasteiger partial charge in [-0.05, 0) is 40.0 Å². The number of unbranched alkanes of at least 4 members (excludes halogenated alkanes) is 1. The number of nitrogens with one attached hydrogen (secondary N) is 2. The Morgan fingerprint density at radius 1 is 1.17 bits per heavy atom. The summed E-state index contributed by atoms with van der Waals surface area (Å²) in [5.74, 6) is -1.58. The maximum atomic E-state index is 12.6. The zero-order valence-corrected chi connectivity index (χ0v) is 17.5. The second-order valence-corrected chi connectivity index (χ2v) is 8.35. The van der Waals surface area contributed by atoms with Gasteiger partial charge < -0.3 is 30.7 Å². The lowest BCUT2D eigenvalue weighted by atomic mass is 9.94. The first kappa shape index (κ1) is 25.2. The third-order valence-corrected chi connectivity index (χ3v) is 4.66. The average Bonchev–Trinajstić information content (AvgIpc) is 3.42. The van der Waals surface area contributed by atoms with E-state index in [0.29, 0.717) is 24.8 Å². The topological polar surface area (TPSA) is 148 Å². The number of aliphatic hydroxyl groups is 3. The number of carbonyl (C=O) groups excluding carboxylic acids is 3. The molecule has 5 N–H and O–H groups in total. The van der Waals surface area contributed by atoms with Gasteiger partial charge in [0.2, 0.25) is 11.8 Å². The van der Waals surface area contributed by atoms with Gasteiger partial charge in [-0.25, -0.2) is 0 Å². The molecule has 0 saturated carbocycles. The van der Waals surface area contributed by atoms with Crippen molar-refractivity contribution < 1.29 is 34.4 Å². The van der Waals surface area contributed by atoms with Crippen LogP contribution in [0.25, 0.3) is 0 Å². The van der Waals surface area contributed by atoms with Crippen molar-refractivity contribution in [3.8, 4) is 0 Å². The lowest BCUT2D eigenvalue weighted by Crippen LogP contribution is -2.55. The average molecular weight is 414 g/mol. The van der Waals surface area contributed by atoms with Crippen molar-refractivity contribution in [2.75, 3.05) is 19.8 Å². The van der Waals surface area contributed by atoms with E-state index in [1.165, 1.54) is 0 Å². The molecule has 3 atom stereocenters. The molecule has 29 heavy (non-hydrogen) atoms. The summed E-state index contributed by atoms with van der Waals surface area (Å²) in [6, 6.07) is -2.19. The maximum Gasteiger partial charge on any atom is 0.245 e. The van der Waals surface area contributed by atoms with Gasteiger partial charge >= 0.3 is 0 Å². The zero-order valence-electron chi connectivity index (χ0n) is 17.5. The number of aliphatic hydroxyl groups excluding tert-OH is 2. The molecule has 9 heteroatoms. The Labute approximate surface area is 171 Å². The number of hydrogen-bond acceptors (Lipinski definition) is 7. The van der Waals surface area contributed by atoms with Crippen LogP contribution in [0.5, 0.6) is 0 Å². The molecule has 1 aliphatic rings. The second kappa shape index (κ2) is 10.8. The number of ketones is 1. The van der Waals surface area contributed by atoms with Gasteiger partial charge in [-0.2, -0.15) is 0 Å². The van der Waals surface area contributed by atoms with Crippen molar-refractivity contribution in [3.05, 3.63) is 12.2 Å². The van der Waals surface area contributed by atoms with E-state index in [1.807, 2.05) is 0 Å². The summed E-state index contributed by atoms with van der Waals surface area (Å²) in [4.78, 5) is 37.2. The molecule has 0 unspecified atom stereocenters. The fraction of sp³-hybridized carbons (Fsp3) is 0.750. The van der Waals surface area contributed by atoms with Crippen LogP contribution in [0.3, 0.4) is 0 Å². The molecule has 0 spiro atoms. The van der Waals surface area contributed by atoms with Crippen molar-refractivity contribution in [1.82, 2.24) is 10.6 Å². The van der Waals surface area contributed by atoms with E-state index in [1.54, 1.807) is 20.8 Å². The van der Waals surface area contributed by atoms with E-state index < -0.39 is 54.1 Å². The third-order valence-electron chi connectivity index (χ3n) is 4.66. The van der Waals surface area contributed by atoms with Gasteiger partial charge in [0.05, 0.1) is 31.5 Å². The Kier molecular flexibility index (Phi) is 9.41. The van der Waals surface area contributed by atoms with E-state index in [2.05, 4.69) is 17.2 Å². The molecular weight excluding hydrogens is 380 g/mol. The van der Waals surface area contributed by atoms with Crippen molar-refractivity contribution in [2.45, 2.75) is 76.2 Å². The number of carbonyl (C=O) groups is 3. The largest absolute Gasteiger partial charge is 0.394 e. The summed E-state index contributed by atoms with van der Waals surface area (Å²) in [7, 11) is 0. The van der Waals surface area contributed by atoms with Crippen molar-refractivity contribution in [3.63, 3.8) is 0 Å². The summed E-state index contributed by atoms with van der Waals surface area (Å²) < 4.78 is 5.06. The Bertz CT molecular complexity index is 608. The minimum Gasteiger partial charge on any atom is -0.394 e. The molecule has 0 radical (unpaired) electrons. The molecule has 9 nitrogen and oxygen atoms in total. The molecule has 1 rings (SSSR count). The van der Waals surface area contributed by atoms with Crippen LogP contribution >= 0.6 is 0 Å². The van der Waals surface area contributed by atoms with Crippen molar-refractivity contribution >= 4 is 17.6 Å². The van der Waals surface area contributed by atoms with Gasteiger partial charge in [0.1, 0.15) is 6.04 Å². The van der Waals surface area contributed by atoms with E-state index in [9.17, 15) is 29.7 Å². The first-order chi connectivity index (χ1) is 13.4. The third kappa shape index (κ3) is 8.61. The van der Waals surface area contributed by atoms with Crippen LogP contribution in [0.2, 0.25) is 0 Å². The quantitative estimate of drug-likeness (QED) is 0.147. The molecule has 1 saturated heterocycles. The molecule has 2 amide bonds. The summed E-state index contributed by atoms with van der Waals surface area (Å²) >= 11 is 0. The van der Waals surface area contributed by atoms with Gasteiger partial charge in [0.25, 0.3) is 0 Å². The van der Waals surface area contributed by atoms with E-state index in [-0.39, 0.29) is 19.4 Å². The Balaban J connectivity index is 2.61. The molecule has 166 valence electrons. The normalized spacial score (nSPS) is 20.5. The van der Waals surface area contributed by atoms with E-state index >= 15 is 0 Å². The SMILES string of the molecule is C=C(C)C[C@@H](NC(=O)[C@H](CO)NC(=O)CCCCC(C)(C)O)C(=O)[C@@]1(CO)CO1. The highest BCUT2D eigenvalue weighted by atomic mass is 16.6. The van der Waals surface area contributed by atoms with Crippen LogP contribution in [-0.2, 0) is 19.1 Å². The molecule has 0 aromatic rings. The van der Waals surface area contributed by atoms with Crippen LogP contribution in [0.1, 0.15) is 52.9 Å². The van der Waals surface area contributed by atoms with Gasteiger partial charge in [-0.15, -0.1) is 6.58 Å². The van der Waals surface area contributed by atoms with Gasteiger partial charge in [-0.1, -0.05) is 12.0 Å². The van der Waals surface area contributed by atoms with Gasteiger partial charge in [0.15, 0.2) is 11.4 Å². The molecule has 0 aliphatic carbocycles. The summed E-state index contributed by atoms with van der Waals surface area (Å²) in [6.07, 6.45) is 2.02. The molecule has 1 heterocycles. The highest BCUT2D eigenvalue weighted by Crippen LogP contribution is 2.29. The summed E-state index contributed by atoms with van der Waals surface area (Å²) in [5, 5.41) is 33.5. The Hall–Kier alpha value is -1.81. The molecule has 0 aromatic heterocycles. The number of hydrogen-bond donors (Lipinski definition) is 5. The number of epoxide rings is 1. The molecular formula is C20H34N2O7. The minimum atomic E-state index is -1.30. The summed E-state index contributed by atoms with van der Waals surface area (Å²) in [5.41, 5.74) is -1.45. The number of rotatable bonds is 14. The van der Waals surface area contributed by atoms with E-state index in [0.717, 1.165) is 0 Å². The maximum absolute atomic E-state index is 12.6. The minimum absolute atomic E-state index is 0.0791. The molecule has 1 aliphatic heterocycles. The zero-order chi connectivity index (χ0) is 22.2. The highest BCUT2D eigenvalue weighted by molar-refractivity contribution is 5.98. The van der Waals surface area contributed by atoms with Crippen LogP contribution in [0.4, 0.5) is 0 Å². The predicted octanol–water partition coefficient (Wildman–Crippen LogP) is -0.424. The highest BCUT2D eigenvalue weighted by Gasteiger charge is 2.54. The fourth-order valence-corrected chi connectivity index (χ4v) is 2.85. The van der Waals surface area contributed by atoms with Crippen LogP contribution in [-0.4, -0.2) is 76.0 Å². The number of amides is 2. The first-order valence-electron chi connectivity index (χ1n) is 9.80. The predicted molar refractivity (Wildman–Crippen MR) is 106 cm³/mol. The Morgan fingerprint density at radius 3 is 2.24 bits per heavy atom. The number of Topliss-reactive ketones (excluding diaryl/α,β-unsaturated/α-hetero) is 1. The second-order valence-electron chi connectivity index (χ2n) is 8.35. The molecule has 1 fully saturated rings. The van der Waals surface area contributed by atoms with Crippen LogP contribution < -0.4 is 10.6 Å². The monoisotopic (exact) mass is 414 g/mol. The molecule has 0 aromatic carbocycles. The standard InChI is InChI=1S/C20H34N2O7/c1-13(2)9-14(17(26)20(11-24)12-29-20)22-18(27)15(10-23)21-16(25)7-5-6-8-19(3,4)28/h14-15,23-24,28H,1,5-12H2,2-4H3,(H,21,25)(H,22,27)/t14-,15+,20-/m1/s1. The fourth-order valence-electron chi connectivity index (χ4n) is 2.85. The van der Waals surface area contributed by atoms with Crippen LogP contribution in [0.15, 0.2) is 12.2 Å². The van der Waals surface area contributed by atoms with Gasteiger partial charge in [0, 0.05) is 6.42 Å². The first-order valence-corrected chi connectivity index (χ1v) is 9.80. The van der Waals surface area contributed by atoms with E-state index in [4.69, 9.17) is 4.74 Å².